The van der Waals surface area contributed by atoms with Crippen molar-refractivity contribution < 1.29 is 4.57 Å². The fourth-order valence-corrected chi connectivity index (χ4v) is 6.77. The maximum Gasteiger partial charge on any atom is 0.212 e. The van der Waals surface area contributed by atoms with Gasteiger partial charge in [0.25, 0.3) is 0 Å². The Hall–Kier alpha value is -2.30. The van der Waals surface area contributed by atoms with Gasteiger partial charge >= 0.3 is 0 Å². The minimum Gasteiger partial charge on any atom is -0.327 e. The molecule has 4 heteroatoms. The molecule has 0 bridgehead atoms. The van der Waals surface area contributed by atoms with E-state index in [2.05, 4.69) is 90.9 Å². The van der Waals surface area contributed by atoms with Crippen molar-refractivity contribution in [2.45, 2.75) is 32.2 Å². The predicted molar refractivity (Wildman–Crippen MR) is 123 cm³/mol. The molecule has 0 atom stereocenters. The van der Waals surface area contributed by atoms with Gasteiger partial charge in [0.05, 0.1) is 9.92 Å². The van der Waals surface area contributed by atoms with E-state index in [4.69, 9.17) is 0 Å². The Kier molecular flexibility index (Phi) is 4.41. The third-order valence-corrected chi connectivity index (χ3v) is 7.86. The molecule has 0 saturated carbocycles. The van der Waals surface area contributed by atoms with Gasteiger partial charge in [-0.15, -0.1) is 11.3 Å². The lowest BCUT2D eigenvalue weighted by molar-refractivity contribution is -0.669. The highest BCUT2D eigenvalue weighted by Gasteiger charge is 2.29. The fourth-order valence-electron chi connectivity index (χ4n) is 4.01. The Balaban J connectivity index is 1.63. The van der Waals surface area contributed by atoms with Crippen LogP contribution in [0.25, 0.3) is 27.1 Å². The zero-order chi connectivity index (χ0) is 19.3. The lowest BCUT2D eigenvalue weighted by Crippen LogP contribution is -2.37. The summed E-state index contributed by atoms with van der Waals surface area (Å²) in [6, 6.07) is 20.0. The van der Waals surface area contributed by atoms with Gasteiger partial charge in [-0.25, -0.2) is 0 Å². The second kappa shape index (κ2) is 6.94. The highest BCUT2D eigenvalue weighted by molar-refractivity contribution is 8.04. The molecule has 140 valence electrons. The van der Waals surface area contributed by atoms with Crippen molar-refractivity contribution in [2.75, 3.05) is 11.4 Å². The van der Waals surface area contributed by atoms with Gasteiger partial charge in [0, 0.05) is 40.2 Å². The van der Waals surface area contributed by atoms with Crippen LogP contribution in [-0.4, -0.2) is 6.54 Å². The number of aromatic nitrogens is 1. The maximum absolute atomic E-state index is 2.46. The second-order valence-corrected chi connectivity index (χ2v) is 9.19. The van der Waals surface area contributed by atoms with Gasteiger partial charge in [0.1, 0.15) is 11.5 Å². The molecular formula is C24H23N2S2+. The molecular weight excluding hydrogens is 380 g/mol. The van der Waals surface area contributed by atoms with E-state index < -0.39 is 0 Å². The number of rotatable bonds is 3. The quantitative estimate of drug-likeness (QED) is 0.356. The van der Waals surface area contributed by atoms with Gasteiger partial charge in [-0.3, -0.25) is 0 Å². The van der Waals surface area contributed by atoms with Crippen LogP contribution in [0.5, 0.6) is 0 Å². The number of fused-ring (bicyclic) bond motifs is 4. The van der Waals surface area contributed by atoms with Crippen molar-refractivity contribution in [3.8, 4) is 0 Å². The van der Waals surface area contributed by atoms with E-state index in [9.17, 15) is 0 Å². The van der Waals surface area contributed by atoms with E-state index in [-0.39, 0.29) is 0 Å². The van der Waals surface area contributed by atoms with E-state index in [0.717, 1.165) is 13.1 Å². The maximum atomic E-state index is 2.46. The molecule has 4 aromatic rings. The molecule has 28 heavy (non-hydrogen) atoms. The number of nitrogens with zero attached hydrogens (tertiary/aromatic N) is 2. The lowest BCUT2D eigenvalue weighted by Gasteiger charge is -2.16. The molecule has 0 unspecified atom stereocenters. The van der Waals surface area contributed by atoms with Crippen LogP contribution >= 0.6 is 23.1 Å². The van der Waals surface area contributed by atoms with Gasteiger partial charge < -0.3 is 4.90 Å². The smallest absolute Gasteiger partial charge is 0.212 e. The standard InChI is InChI=1S/C24H23N2S2/c1-4-25-18(12-11-17-14-16(3)10-13-20(17)25)15-22-26(5-2)24-23(28-22)19-8-6-7-9-21(19)27-24/h6-15H,4-5H2,1-3H3/q+1. The normalized spacial score (nSPS) is 15.1. The van der Waals surface area contributed by atoms with Crippen molar-refractivity contribution in [1.29, 1.82) is 0 Å². The highest BCUT2D eigenvalue weighted by Crippen LogP contribution is 2.54. The molecule has 1 aliphatic rings. The number of anilines is 1. The molecule has 3 heterocycles. The van der Waals surface area contributed by atoms with Crippen LogP contribution < -0.4 is 9.47 Å². The number of hydrogen-bond acceptors (Lipinski definition) is 3. The van der Waals surface area contributed by atoms with E-state index in [1.54, 1.807) is 0 Å². The van der Waals surface area contributed by atoms with Crippen LogP contribution in [0.15, 0.2) is 64.5 Å². The van der Waals surface area contributed by atoms with Gasteiger partial charge in [0.15, 0.2) is 0 Å². The van der Waals surface area contributed by atoms with E-state index in [0.29, 0.717) is 0 Å². The minimum absolute atomic E-state index is 0.959. The first-order valence-electron chi connectivity index (χ1n) is 9.81. The van der Waals surface area contributed by atoms with E-state index in [1.807, 2.05) is 23.1 Å². The molecule has 2 nitrogen and oxygen atoms in total. The Morgan fingerprint density at radius 2 is 1.89 bits per heavy atom. The third kappa shape index (κ3) is 2.75. The molecule has 5 rings (SSSR count). The number of pyridine rings is 1. The second-order valence-electron chi connectivity index (χ2n) is 7.13. The van der Waals surface area contributed by atoms with Crippen LogP contribution in [0.1, 0.15) is 25.1 Å². The van der Waals surface area contributed by atoms with Gasteiger partial charge in [-0.05, 0) is 39.0 Å². The Labute approximate surface area is 174 Å². The monoisotopic (exact) mass is 403 g/mol. The summed E-state index contributed by atoms with van der Waals surface area (Å²) in [5, 5.41) is 5.40. The summed E-state index contributed by atoms with van der Waals surface area (Å²) in [5.41, 5.74) is 3.87. The highest BCUT2D eigenvalue weighted by atomic mass is 32.2. The molecule has 0 radical (unpaired) electrons. The summed E-state index contributed by atoms with van der Waals surface area (Å²) >= 11 is 3.82. The lowest BCUT2D eigenvalue weighted by atomic mass is 10.1. The van der Waals surface area contributed by atoms with Crippen molar-refractivity contribution in [2.24, 2.45) is 0 Å². The molecule has 0 spiro atoms. The fraction of sp³-hybridized carbons (Fsp3) is 0.208. The Morgan fingerprint density at radius 1 is 1.04 bits per heavy atom. The SMILES string of the molecule is CCN1C(=Cc2ccc3cc(C)ccc3[n+]2CC)Sc2c1sc1ccccc21. The average Bonchev–Trinajstić information content (AvgIpc) is 3.23. The van der Waals surface area contributed by atoms with Crippen LogP contribution in [0.3, 0.4) is 0 Å². The van der Waals surface area contributed by atoms with Crippen molar-refractivity contribution >= 4 is 55.2 Å². The molecule has 0 saturated heterocycles. The van der Waals surface area contributed by atoms with Crippen molar-refractivity contribution in [1.82, 2.24) is 0 Å². The number of aryl methyl sites for hydroxylation is 2. The van der Waals surface area contributed by atoms with E-state index >= 15 is 0 Å². The summed E-state index contributed by atoms with van der Waals surface area (Å²) in [7, 11) is 0. The van der Waals surface area contributed by atoms with Crippen molar-refractivity contribution in [3.05, 3.63) is 70.9 Å². The average molecular weight is 404 g/mol. The summed E-state index contributed by atoms with van der Waals surface area (Å²) < 4.78 is 3.79. The van der Waals surface area contributed by atoms with Crippen LogP contribution in [0.2, 0.25) is 0 Å². The summed E-state index contributed by atoms with van der Waals surface area (Å²) in [4.78, 5) is 3.87. The first-order valence-corrected chi connectivity index (χ1v) is 11.4. The van der Waals surface area contributed by atoms with E-state index in [1.165, 1.54) is 47.2 Å². The molecule has 0 N–H and O–H groups in total. The molecule has 1 aliphatic heterocycles. The molecule has 0 fully saturated rings. The van der Waals surface area contributed by atoms with Crippen LogP contribution in [0, 0.1) is 6.92 Å². The Bertz CT molecular complexity index is 1240. The molecule has 0 aliphatic carbocycles. The zero-order valence-corrected chi connectivity index (χ0v) is 18.0. The number of thiophene rings is 1. The molecule has 2 aromatic heterocycles. The first kappa shape index (κ1) is 17.8. The van der Waals surface area contributed by atoms with Gasteiger partial charge in [-0.2, -0.15) is 4.57 Å². The minimum atomic E-state index is 0.959. The summed E-state index contributed by atoms with van der Waals surface area (Å²) in [6.07, 6.45) is 2.36. The first-order chi connectivity index (χ1) is 13.7. The summed E-state index contributed by atoms with van der Waals surface area (Å²) in [5.74, 6) is 0. The number of hydrogen-bond donors (Lipinski definition) is 0. The zero-order valence-electron chi connectivity index (χ0n) is 16.4. The number of thioether (sulfide) groups is 1. The topological polar surface area (TPSA) is 7.12 Å². The summed E-state index contributed by atoms with van der Waals surface area (Å²) in [6.45, 7) is 8.57. The number of benzene rings is 2. The van der Waals surface area contributed by atoms with Crippen LogP contribution in [-0.2, 0) is 6.54 Å². The molecule has 0 amide bonds. The third-order valence-electron chi connectivity index (χ3n) is 5.37. The van der Waals surface area contributed by atoms with Crippen LogP contribution in [0.4, 0.5) is 5.00 Å². The van der Waals surface area contributed by atoms with Crippen molar-refractivity contribution in [3.63, 3.8) is 0 Å². The van der Waals surface area contributed by atoms with Gasteiger partial charge in [0.2, 0.25) is 11.2 Å². The predicted octanol–water partition coefficient (Wildman–Crippen LogP) is 6.60. The largest absolute Gasteiger partial charge is 0.327 e. The van der Waals surface area contributed by atoms with Gasteiger partial charge in [-0.1, -0.05) is 41.6 Å². The molecule has 2 aromatic carbocycles. The Morgan fingerprint density at radius 3 is 2.71 bits per heavy atom.